The first kappa shape index (κ1) is 12.8. The SMILES string of the molecule is C=C1[C@H]2CC[C@@H](C)[C@]1(C)CC[C@]2(C)C(=O)CO. The minimum atomic E-state index is -0.370. The molecular weight excluding hydrogens is 212 g/mol. The number of fused-ring (bicyclic) bond motifs is 2. The van der Waals surface area contributed by atoms with Gasteiger partial charge in [-0.3, -0.25) is 4.79 Å². The smallest absolute Gasteiger partial charge is 0.164 e. The third-order valence-corrected chi connectivity index (χ3v) is 5.84. The molecule has 2 saturated carbocycles. The van der Waals surface area contributed by atoms with E-state index in [-0.39, 0.29) is 29.1 Å². The Hall–Kier alpha value is -0.630. The summed E-state index contributed by atoms with van der Waals surface area (Å²) in [6, 6.07) is 0. The van der Waals surface area contributed by atoms with Gasteiger partial charge in [0.15, 0.2) is 5.78 Å². The van der Waals surface area contributed by atoms with Gasteiger partial charge in [-0.05, 0) is 42.9 Å². The van der Waals surface area contributed by atoms with E-state index < -0.39 is 0 Å². The normalized spacial score (nSPS) is 45.8. The van der Waals surface area contributed by atoms with Crippen LogP contribution in [0.25, 0.3) is 0 Å². The highest BCUT2D eigenvalue weighted by Gasteiger charge is 2.54. The summed E-state index contributed by atoms with van der Waals surface area (Å²) in [4.78, 5) is 12.0. The molecule has 0 spiro atoms. The largest absolute Gasteiger partial charge is 0.389 e. The average molecular weight is 236 g/mol. The lowest BCUT2D eigenvalue weighted by atomic mass is 9.48. The van der Waals surface area contributed by atoms with E-state index in [1.165, 1.54) is 12.0 Å². The van der Waals surface area contributed by atoms with E-state index in [0.717, 1.165) is 19.3 Å². The Kier molecular flexibility index (Phi) is 2.97. The van der Waals surface area contributed by atoms with Crippen LogP contribution in [0.2, 0.25) is 0 Å². The molecule has 0 aromatic heterocycles. The van der Waals surface area contributed by atoms with Gasteiger partial charge < -0.3 is 5.11 Å². The summed E-state index contributed by atoms with van der Waals surface area (Å²) in [5.74, 6) is 0.942. The van der Waals surface area contributed by atoms with Gasteiger partial charge in [0, 0.05) is 5.41 Å². The number of carbonyl (C=O) groups is 1. The lowest BCUT2D eigenvalue weighted by Gasteiger charge is -2.56. The molecule has 17 heavy (non-hydrogen) atoms. The van der Waals surface area contributed by atoms with Crippen molar-refractivity contribution in [3.63, 3.8) is 0 Å². The number of aliphatic hydroxyl groups is 1. The number of ketones is 1. The molecule has 2 nitrogen and oxygen atoms in total. The molecule has 2 aliphatic rings. The topological polar surface area (TPSA) is 37.3 Å². The molecule has 0 unspecified atom stereocenters. The zero-order valence-electron chi connectivity index (χ0n) is 11.3. The fraction of sp³-hybridized carbons (Fsp3) is 0.800. The molecule has 2 heteroatoms. The van der Waals surface area contributed by atoms with E-state index in [4.69, 9.17) is 0 Å². The van der Waals surface area contributed by atoms with Crippen molar-refractivity contribution < 1.29 is 9.90 Å². The number of hydrogen-bond acceptors (Lipinski definition) is 2. The number of aliphatic hydroxyl groups excluding tert-OH is 1. The van der Waals surface area contributed by atoms with E-state index in [2.05, 4.69) is 20.4 Å². The quantitative estimate of drug-likeness (QED) is 0.748. The highest BCUT2D eigenvalue weighted by atomic mass is 16.3. The van der Waals surface area contributed by atoms with Crippen LogP contribution >= 0.6 is 0 Å². The summed E-state index contributed by atoms with van der Waals surface area (Å²) in [6.07, 6.45) is 4.16. The van der Waals surface area contributed by atoms with Crippen molar-refractivity contribution in [1.82, 2.24) is 0 Å². The number of hydrogen-bond donors (Lipinski definition) is 1. The van der Waals surface area contributed by atoms with E-state index in [1.54, 1.807) is 0 Å². The second kappa shape index (κ2) is 3.94. The second-order valence-electron chi connectivity index (χ2n) is 6.47. The molecule has 0 saturated heterocycles. The summed E-state index contributed by atoms with van der Waals surface area (Å²) < 4.78 is 0. The van der Waals surface area contributed by atoms with Crippen molar-refractivity contribution in [2.75, 3.05) is 6.61 Å². The molecule has 2 aliphatic carbocycles. The molecule has 0 aliphatic heterocycles. The molecule has 1 N–H and O–H groups in total. The molecule has 0 aromatic rings. The minimum Gasteiger partial charge on any atom is -0.389 e. The Balaban J connectivity index is 2.35. The molecule has 0 aromatic carbocycles. The maximum Gasteiger partial charge on any atom is 0.164 e. The molecule has 2 fully saturated rings. The van der Waals surface area contributed by atoms with Gasteiger partial charge >= 0.3 is 0 Å². The summed E-state index contributed by atoms with van der Waals surface area (Å²) in [5.41, 5.74) is 1.09. The first-order valence-electron chi connectivity index (χ1n) is 6.69. The standard InChI is InChI=1S/C15H24O2/c1-10-5-6-12-11(2)14(10,3)7-8-15(12,4)13(17)9-16/h10,12,16H,2,5-9H2,1,3-4H3/t10-,12-,14+,15+/m1/s1. The highest BCUT2D eigenvalue weighted by Crippen LogP contribution is 2.60. The van der Waals surface area contributed by atoms with Crippen molar-refractivity contribution in [2.45, 2.75) is 46.5 Å². The van der Waals surface area contributed by atoms with Crippen molar-refractivity contribution in [3.8, 4) is 0 Å². The van der Waals surface area contributed by atoms with E-state index in [9.17, 15) is 9.90 Å². The Morgan fingerprint density at radius 2 is 2.06 bits per heavy atom. The molecule has 96 valence electrons. The molecule has 0 radical (unpaired) electrons. The zero-order valence-corrected chi connectivity index (χ0v) is 11.3. The second-order valence-corrected chi connectivity index (χ2v) is 6.47. The Morgan fingerprint density at radius 3 is 2.65 bits per heavy atom. The van der Waals surface area contributed by atoms with Crippen LogP contribution in [0.15, 0.2) is 12.2 Å². The van der Waals surface area contributed by atoms with E-state index >= 15 is 0 Å². The average Bonchev–Trinajstić information content (AvgIpc) is 2.31. The van der Waals surface area contributed by atoms with Crippen LogP contribution in [0.4, 0.5) is 0 Å². The molecule has 2 bridgehead atoms. The van der Waals surface area contributed by atoms with Gasteiger partial charge in [0.2, 0.25) is 0 Å². The number of rotatable bonds is 2. The predicted molar refractivity (Wildman–Crippen MR) is 68.6 cm³/mol. The van der Waals surface area contributed by atoms with Gasteiger partial charge in [-0.25, -0.2) is 0 Å². The summed E-state index contributed by atoms with van der Waals surface area (Å²) in [6.45, 7) is 10.6. The zero-order chi connectivity index (χ0) is 12.8. The Morgan fingerprint density at radius 1 is 1.41 bits per heavy atom. The van der Waals surface area contributed by atoms with Crippen LogP contribution in [-0.4, -0.2) is 17.5 Å². The fourth-order valence-electron chi connectivity index (χ4n) is 3.94. The van der Waals surface area contributed by atoms with Crippen LogP contribution < -0.4 is 0 Å². The monoisotopic (exact) mass is 236 g/mol. The Bertz CT molecular complexity index is 360. The van der Waals surface area contributed by atoms with Crippen LogP contribution in [0.1, 0.15) is 46.5 Å². The first-order valence-corrected chi connectivity index (χ1v) is 6.69. The van der Waals surface area contributed by atoms with Gasteiger partial charge in [-0.15, -0.1) is 0 Å². The molecular formula is C15H24O2. The number of allylic oxidation sites excluding steroid dienone is 1. The Labute approximate surface area is 104 Å². The van der Waals surface area contributed by atoms with Gasteiger partial charge in [-0.2, -0.15) is 0 Å². The van der Waals surface area contributed by atoms with E-state index in [0.29, 0.717) is 5.92 Å². The third-order valence-electron chi connectivity index (χ3n) is 5.84. The van der Waals surface area contributed by atoms with Crippen LogP contribution in [0, 0.1) is 22.7 Å². The van der Waals surface area contributed by atoms with Crippen molar-refractivity contribution in [2.24, 2.45) is 22.7 Å². The molecule has 2 rings (SSSR count). The highest BCUT2D eigenvalue weighted by molar-refractivity contribution is 5.86. The summed E-state index contributed by atoms with van der Waals surface area (Å²) >= 11 is 0. The van der Waals surface area contributed by atoms with Crippen molar-refractivity contribution in [1.29, 1.82) is 0 Å². The van der Waals surface area contributed by atoms with Crippen LogP contribution in [0.5, 0.6) is 0 Å². The van der Waals surface area contributed by atoms with Gasteiger partial charge in [0.1, 0.15) is 6.61 Å². The summed E-state index contributed by atoms with van der Waals surface area (Å²) in [5, 5.41) is 9.17. The fourth-order valence-corrected chi connectivity index (χ4v) is 3.94. The van der Waals surface area contributed by atoms with Crippen LogP contribution in [-0.2, 0) is 4.79 Å². The van der Waals surface area contributed by atoms with Crippen molar-refractivity contribution in [3.05, 3.63) is 12.2 Å². The summed E-state index contributed by atoms with van der Waals surface area (Å²) in [7, 11) is 0. The maximum atomic E-state index is 12.0. The maximum absolute atomic E-state index is 12.0. The molecule has 4 atom stereocenters. The third kappa shape index (κ3) is 1.61. The number of Topliss-reactive ketones (excluding diaryl/α,β-unsaturated/α-hetero) is 1. The van der Waals surface area contributed by atoms with Gasteiger partial charge in [-0.1, -0.05) is 32.9 Å². The lowest BCUT2D eigenvalue weighted by Crippen LogP contribution is -2.51. The van der Waals surface area contributed by atoms with Gasteiger partial charge in [0.05, 0.1) is 0 Å². The lowest BCUT2D eigenvalue weighted by molar-refractivity contribution is -0.137. The minimum absolute atomic E-state index is 0.000234. The van der Waals surface area contributed by atoms with Crippen molar-refractivity contribution >= 4 is 5.78 Å². The predicted octanol–water partition coefficient (Wildman–Crippen LogP) is 2.96. The molecule has 0 amide bonds. The molecule has 0 heterocycles. The van der Waals surface area contributed by atoms with Crippen LogP contribution in [0.3, 0.4) is 0 Å². The van der Waals surface area contributed by atoms with E-state index in [1.807, 2.05) is 6.92 Å². The number of carbonyl (C=O) groups excluding carboxylic acids is 1. The first-order chi connectivity index (χ1) is 7.86. The van der Waals surface area contributed by atoms with Gasteiger partial charge in [0.25, 0.3) is 0 Å².